The first-order valence-electron chi connectivity index (χ1n) is 5.81. The fourth-order valence-corrected chi connectivity index (χ4v) is 3.24. The second-order valence-corrected chi connectivity index (χ2v) is 5.00. The Kier molecular flexibility index (Phi) is 3.27. The van der Waals surface area contributed by atoms with Crippen molar-refractivity contribution in [2.24, 2.45) is 0 Å². The van der Waals surface area contributed by atoms with Gasteiger partial charge in [0.15, 0.2) is 0 Å². The molecule has 1 saturated carbocycles. The summed E-state index contributed by atoms with van der Waals surface area (Å²) in [5.74, 6) is 0.399. The van der Waals surface area contributed by atoms with E-state index >= 15 is 0 Å². The number of phenols is 1. The van der Waals surface area contributed by atoms with Gasteiger partial charge >= 0.3 is 0 Å². The number of halogens is 1. The Morgan fingerprint density at radius 1 is 1.38 bits per heavy atom. The van der Waals surface area contributed by atoms with E-state index in [4.69, 9.17) is 0 Å². The predicted molar refractivity (Wildman–Crippen MR) is 70.4 cm³/mol. The molecule has 1 heterocycles. The number of nitrogens with one attached hydrogen (secondary N) is 1. The van der Waals surface area contributed by atoms with Crippen molar-refractivity contribution in [3.63, 3.8) is 0 Å². The van der Waals surface area contributed by atoms with Gasteiger partial charge in [-0.1, -0.05) is 18.6 Å². The second-order valence-electron chi connectivity index (χ2n) is 5.00. The van der Waals surface area contributed by atoms with Crippen molar-refractivity contribution < 1.29 is 5.11 Å². The summed E-state index contributed by atoms with van der Waals surface area (Å²) in [4.78, 5) is 0. The molecule has 0 spiro atoms. The van der Waals surface area contributed by atoms with Crippen molar-refractivity contribution in [3.05, 3.63) is 29.8 Å². The number of hydrogen-bond acceptors (Lipinski definition) is 2. The summed E-state index contributed by atoms with van der Waals surface area (Å²) < 4.78 is 0. The lowest BCUT2D eigenvalue weighted by molar-refractivity contribution is 0.349. The molecule has 2 nitrogen and oxygen atoms in total. The lowest BCUT2D eigenvalue weighted by Crippen LogP contribution is -2.29. The molecule has 2 bridgehead atoms. The average molecular weight is 284 g/mol. The topological polar surface area (TPSA) is 32.3 Å². The third-order valence-electron chi connectivity index (χ3n) is 4.03. The van der Waals surface area contributed by atoms with E-state index in [0.29, 0.717) is 17.2 Å². The molecular formula is C13H18BrNO. The van der Waals surface area contributed by atoms with Crippen molar-refractivity contribution in [2.75, 3.05) is 6.54 Å². The molecule has 1 aliphatic carbocycles. The number of fused-ring (bicyclic) bond motifs is 2. The van der Waals surface area contributed by atoms with Crippen molar-refractivity contribution >= 4 is 17.0 Å². The van der Waals surface area contributed by atoms with E-state index in [9.17, 15) is 5.11 Å². The fourth-order valence-electron chi connectivity index (χ4n) is 3.24. The molecular weight excluding hydrogens is 266 g/mol. The van der Waals surface area contributed by atoms with Gasteiger partial charge in [-0.3, -0.25) is 0 Å². The summed E-state index contributed by atoms with van der Waals surface area (Å²) in [6, 6.07) is 8.52. The normalized spacial score (nSPS) is 32.1. The lowest BCUT2D eigenvalue weighted by Gasteiger charge is -2.32. The Labute approximate surface area is 107 Å². The highest BCUT2D eigenvalue weighted by Gasteiger charge is 2.42. The van der Waals surface area contributed by atoms with Crippen LogP contribution in [0.4, 0.5) is 0 Å². The molecule has 1 aromatic carbocycles. The molecule has 0 radical (unpaired) electrons. The number of phenolic OH excluding ortho intramolecular Hbond substituents is 1. The first-order valence-corrected chi connectivity index (χ1v) is 5.81. The van der Waals surface area contributed by atoms with Gasteiger partial charge in [-0.15, -0.1) is 17.0 Å². The quantitative estimate of drug-likeness (QED) is 0.831. The smallest absolute Gasteiger partial charge is 0.115 e. The Balaban J connectivity index is 0.000000963. The van der Waals surface area contributed by atoms with Gasteiger partial charge < -0.3 is 10.4 Å². The van der Waals surface area contributed by atoms with E-state index in [-0.39, 0.29) is 17.0 Å². The first-order chi connectivity index (χ1) is 7.28. The number of rotatable bonds is 1. The third-order valence-corrected chi connectivity index (χ3v) is 4.03. The van der Waals surface area contributed by atoms with Gasteiger partial charge in [-0.2, -0.15) is 0 Å². The zero-order valence-corrected chi connectivity index (χ0v) is 11.0. The Bertz CT molecular complexity index is 378. The fraction of sp³-hybridized carbons (Fsp3) is 0.538. The van der Waals surface area contributed by atoms with Crippen LogP contribution in [0.2, 0.25) is 0 Å². The van der Waals surface area contributed by atoms with Crippen LogP contribution in [0, 0.1) is 0 Å². The molecule has 0 amide bonds. The van der Waals surface area contributed by atoms with Crippen LogP contribution in [0.25, 0.3) is 0 Å². The zero-order valence-electron chi connectivity index (χ0n) is 9.28. The van der Waals surface area contributed by atoms with E-state index in [1.165, 1.54) is 31.2 Å². The standard InChI is InChI=1S/C13H17NO.BrH/c15-12-5-1-3-10(7-12)13-6-2-4-11(8-13)14-9-13;/h1,3,5,7,11,14-15H,2,4,6,8-9H2;1H. The number of aromatic hydroxyl groups is 1. The van der Waals surface area contributed by atoms with E-state index < -0.39 is 0 Å². The van der Waals surface area contributed by atoms with Gasteiger partial charge in [-0.05, 0) is 37.0 Å². The molecule has 1 aromatic rings. The van der Waals surface area contributed by atoms with Crippen molar-refractivity contribution in [1.29, 1.82) is 0 Å². The molecule has 2 fully saturated rings. The lowest BCUT2D eigenvalue weighted by atomic mass is 9.71. The summed E-state index contributed by atoms with van der Waals surface area (Å²) in [7, 11) is 0. The van der Waals surface area contributed by atoms with Crippen LogP contribution in [-0.4, -0.2) is 17.7 Å². The SMILES string of the molecule is Br.Oc1cccc(C23CCCC(C2)NC3)c1. The van der Waals surface area contributed by atoms with Crippen LogP contribution < -0.4 is 5.32 Å². The molecule has 2 unspecified atom stereocenters. The number of benzene rings is 1. The zero-order chi connectivity index (χ0) is 10.3. The molecule has 2 atom stereocenters. The maximum Gasteiger partial charge on any atom is 0.115 e. The van der Waals surface area contributed by atoms with Crippen molar-refractivity contribution in [2.45, 2.75) is 37.1 Å². The molecule has 2 aliphatic rings. The highest BCUT2D eigenvalue weighted by Crippen LogP contribution is 2.43. The minimum absolute atomic E-state index is 0. The third kappa shape index (κ3) is 1.87. The van der Waals surface area contributed by atoms with Crippen LogP contribution >= 0.6 is 17.0 Å². The minimum atomic E-state index is 0. The minimum Gasteiger partial charge on any atom is -0.508 e. The van der Waals surface area contributed by atoms with E-state index in [1.54, 1.807) is 6.07 Å². The first kappa shape index (κ1) is 11.9. The number of hydrogen-bond donors (Lipinski definition) is 2. The molecule has 3 rings (SSSR count). The van der Waals surface area contributed by atoms with Crippen LogP contribution in [0.1, 0.15) is 31.2 Å². The second kappa shape index (κ2) is 4.38. The average Bonchev–Trinajstić information content (AvgIpc) is 2.56. The van der Waals surface area contributed by atoms with Crippen LogP contribution in [-0.2, 0) is 5.41 Å². The van der Waals surface area contributed by atoms with Gasteiger partial charge in [0.2, 0.25) is 0 Å². The van der Waals surface area contributed by atoms with Crippen LogP contribution in [0.3, 0.4) is 0 Å². The highest BCUT2D eigenvalue weighted by atomic mass is 79.9. The summed E-state index contributed by atoms with van der Waals surface area (Å²) in [5, 5.41) is 13.1. The molecule has 16 heavy (non-hydrogen) atoms. The molecule has 88 valence electrons. The van der Waals surface area contributed by atoms with Gasteiger partial charge in [0.05, 0.1) is 0 Å². The summed E-state index contributed by atoms with van der Waals surface area (Å²) >= 11 is 0. The molecule has 1 saturated heterocycles. The largest absolute Gasteiger partial charge is 0.508 e. The van der Waals surface area contributed by atoms with Crippen molar-refractivity contribution in [1.82, 2.24) is 5.32 Å². The van der Waals surface area contributed by atoms with Crippen LogP contribution in [0.5, 0.6) is 5.75 Å². The van der Waals surface area contributed by atoms with Crippen LogP contribution in [0.15, 0.2) is 24.3 Å². The van der Waals surface area contributed by atoms with Gasteiger partial charge in [0.25, 0.3) is 0 Å². The maximum absolute atomic E-state index is 9.55. The Hall–Kier alpha value is -0.540. The molecule has 1 aliphatic heterocycles. The Morgan fingerprint density at radius 2 is 2.25 bits per heavy atom. The van der Waals surface area contributed by atoms with Gasteiger partial charge in [-0.25, -0.2) is 0 Å². The summed E-state index contributed by atoms with van der Waals surface area (Å²) in [5.41, 5.74) is 1.62. The van der Waals surface area contributed by atoms with Gasteiger partial charge in [0, 0.05) is 18.0 Å². The molecule has 0 aromatic heterocycles. The van der Waals surface area contributed by atoms with Crippen molar-refractivity contribution in [3.8, 4) is 5.75 Å². The Morgan fingerprint density at radius 3 is 3.06 bits per heavy atom. The van der Waals surface area contributed by atoms with E-state index in [1.807, 2.05) is 12.1 Å². The summed E-state index contributed by atoms with van der Waals surface area (Å²) in [6.45, 7) is 1.08. The molecule has 3 heteroatoms. The predicted octanol–water partition coefficient (Wildman–Crippen LogP) is 2.75. The van der Waals surface area contributed by atoms with Gasteiger partial charge in [0.1, 0.15) is 5.75 Å². The monoisotopic (exact) mass is 283 g/mol. The van der Waals surface area contributed by atoms with E-state index in [2.05, 4.69) is 11.4 Å². The maximum atomic E-state index is 9.55. The van der Waals surface area contributed by atoms with E-state index in [0.717, 1.165) is 6.54 Å². The highest BCUT2D eigenvalue weighted by molar-refractivity contribution is 8.93. The molecule has 2 N–H and O–H groups in total. The summed E-state index contributed by atoms with van der Waals surface area (Å²) in [6.07, 6.45) is 5.14.